The zero-order valence-electron chi connectivity index (χ0n) is 15.2. The lowest BCUT2D eigenvalue weighted by atomic mass is 10.1. The maximum Gasteiger partial charge on any atom is 0.272 e. The summed E-state index contributed by atoms with van der Waals surface area (Å²) in [6.07, 6.45) is 7.84. The van der Waals surface area contributed by atoms with Crippen LogP contribution in [0.3, 0.4) is 0 Å². The first kappa shape index (κ1) is 17.5. The highest BCUT2D eigenvalue weighted by Crippen LogP contribution is 2.15. The van der Waals surface area contributed by atoms with E-state index in [9.17, 15) is 4.79 Å². The highest BCUT2D eigenvalue weighted by atomic mass is 16.1. The molecule has 2 N–H and O–H groups in total. The van der Waals surface area contributed by atoms with Gasteiger partial charge < -0.3 is 10.6 Å². The molecule has 0 aliphatic carbocycles. The molecule has 1 unspecified atom stereocenters. The number of nitrogens with one attached hydrogen (secondary N) is 2. The number of carbonyl (C=O) groups excluding carboxylic acids is 1. The minimum Gasteiger partial charge on any atom is -0.347 e. The number of amides is 1. The van der Waals surface area contributed by atoms with Crippen molar-refractivity contribution < 1.29 is 4.79 Å². The largest absolute Gasteiger partial charge is 0.347 e. The summed E-state index contributed by atoms with van der Waals surface area (Å²) in [5.74, 6) is -0.144. The van der Waals surface area contributed by atoms with E-state index in [1.54, 1.807) is 12.3 Å². The van der Waals surface area contributed by atoms with Crippen LogP contribution in [-0.2, 0) is 13.1 Å². The van der Waals surface area contributed by atoms with Crippen LogP contribution in [0.15, 0.2) is 55.0 Å². The maximum atomic E-state index is 12.4. The van der Waals surface area contributed by atoms with Crippen LogP contribution in [0.5, 0.6) is 0 Å². The average molecular weight is 364 g/mol. The molecule has 1 atom stereocenters. The molecule has 1 fully saturated rings. The highest BCUT2D eigenvalue weighted by Gasteiger charge is 2.17. The van der Waals surface area contributed by atoms with Gasteiger partial charge >= 0.3 is 0 Å². The summed E-state index contributed by atoms with van der Waals surface area (Å²) in [5.41, 5.74) is 2.68. The van der Waals surface area contributed by atoms with Crippen molar-refractivity contribution in [3.8, 4) is 0 Å². The number of benzene rings is 1. The second kappa shape index (κ2) is 8.18. The summed E-state index contributed by atoms with van der Waals surface area (Å²) in [6.45, 7) is 3.16. The van der Waals surface area contributed by atoms with Crippen LogP contribution in [0.1, 0.15) is 40.5 Å². The van der Waals surface area contributed by atoms with Gasteiger partial charge in [0.25, 0.3) is 5.91 Å². The smallest absolute Gasteiger partial charge is 0.272 e. The minimum atomic E-state index is -0.144. The van der Waals surface area contributed by atoms with Gasteiger partial charge in [0.05, 0.1) is 12.6 Å². The molecule has 7 nitrogen and oxygen atoms in total. The van der Waals surface area contributed by atoms with Crippen molar-refractivity contribution in [2.24, 2.45) is 0 Å². The number of rotatable bonds is 6. The normalized spacial score (nSPS) is 17.0. The van der Waals surface area contributed by atoms with Crippen LogP contribution < -0.4 is 10.6 Å². The van der Waals surface area contributed by atoms with Gasteiger partial charge in [-0.15, -0.1) is 0 Å². The molecule has 7 heteroatoms. The van der Waals surface area contributed by atoms with Crippen LogP contribution in [0.25, 0.3) is 0 Å². The third kappa shape index (κ3) is 4.43. The predicted molar refractivity (Wildman–Crippen MR) is 102 cm³/mol. The summed E-state index contributed by atoms with van der Waals surface area (Å²) in [7, 11) is 0. The fourth-order valence-electron chi connectivity index (χ4n) is 3.41. The summed E-state index contributed by atoms with van der Waals surface area (Å²) >= 11 is 0. The molecule has 0 spiro atoms. The number of piperidine rings is 1. The van der Waals surface area contributed by atoms with Gasteiger partial charge in [-0.3, -0.25) is 14.2 Å². The van der Waals surface area contributed by atoms with Gasteiger partial charge in [-0.1, -0.05) is 24.3 Å². The molecular weight excluding hydrogens is 340 g/mol. The molecule has 1 aromatic carbocycles. The molecule has 0 saturated carbocycles. The van der Waals surface area contributed by atoms with Crippen molar-refractivity contribution in [3.63, 3.8) is 0 Å². The Morgan fingerprint density at radius 2 is 2.15 bits per heavy atom. The standard InChI is InChI=1S/C20H24N6O/c27-20(19-7-11-26(24-19)18-6-2-8-21-14-18)22-13-16-4-1-5-17(12-16)15-25-10-3-9-23-25/h1,3-5,7,9-12,18,21H,2,6,8,13-15H2,(H,22,27). The third-order valence-electron chi connectivity index (χ3n) is 4.83. The van der Waals surface area contributed by atoms with Crippen LogP contribution in [0.2, 0.25) is 0 Å². The summed E-state index contributed by atoms with van der Waals surface area (Å²) < 4.78 is 3.79. The second-order valence-electron chi connectivity index (χ2n) is 6.89. The Bertz CT molecular complexity index is 880. The van der Waals surface area contributed by atoms with Crippen molar-refractivity contribution in [1.82, 2.24) is 30.2 Å². The maximum absolute atomic E-state index is 12.4. The van der Waals surface area contributed by atoms with Gasteiger partial charge in [0.15, 0.2) is 0 Å². The lowest BCUT2D eigenvalue weighted by molar-refractivity contribution is 0.0944. The van der Waals surface area contributed by atoms with Crippen molar-refractivity contribution in [3.05, 3.63) is 71.8 Å². The molecule has 4 rings (SSSR count). The van der Waals surface area contributed by atoms with Gasteiger partial charge in [-0.2, -0.15) is 10.2 Å². The number of aromatic nitrogens is 4. The molecule has 3 aromatic rings. The van der Waals surface area contributed by atoms with Crippen LogP contribution in [-0.4, -0.2) is 38.6 Å². The topological polar surface area (TPSA) is 76.8 Å². The summed E-state index contributed by atoms with van der Waals surface area (Å²) in [6, 6.07) is 12.2. The Morgan fingerprint density at radius 3 is 2.96 bits per heavy atom. The minimum absolute atomic E-state index is 0.144. The van der Waals surface area contributed by atoms with E-state index >= 15 is 0 Å². The number of carbonyl (C=O) groups is 1. The van der Waals surface area contributed by atoms with E-state index in [1.165, 1.54) is 0 Å². The monoisotopic (exact) mass is 364 g/mol. The lowest BCUT2D eigenvalue weighted by Crippen LogP contribution is -2.32. The fourth-order valence-corrected chi connectivity index (χ4v) is 3.41. The fraction of sp³-hybridized carbons (Fsp3) is 0.350. The first-order valence-electron chi connectivity index (χ1n) is 9.37. The van der Waals surface area contributed by atoms with E-state index in [0.717, 1.165) is 37.1 Å². The Labute approximate surface area is 158 Å². The molecule has 0 bridgehead atoms. The zero-order chi connectivity index (χ0) is 18.5. The second-order valence-corrected chi connectivity index (χ2v) is 6.89. The van der Waals surface area contributed by atoms with E-state index in [2.05, 4.69) is 33.0 Å². The number of hydrogen-bond donors (Lipinski definition) is 2. The van der Waals surface area contributed by atoms with E-state index in [-0.39, 0.29) is 5.91 Å². The van der Waals surface area contributed by atoms with Crippen molar-refractivity contribution >= 4 is 5.91 Å². The van der Waals surface area contributed by atoms with Crippen molar-refractivity contribution in [1.29, 1.82) is 0 Å². The first-order chi connectivity index (χ1) is 13.3. The Kier molecular flexibility index (Phi) is 5.29. The zero-order valence-corrected chi connectivity index (χ0v) is 15.2. The molecule has 2 aromatic heterocycles. The van der Waals surface area contributed by atoms with E-state index < -0.39 is 0 Å². The lowest BCUT2D eigenvalue weighted by Gasteiger charge is -2.22. The Balaban J connectivity index is 1.34. The SMILES string of the molecule is O=C(NCc1cccc(Cn2cccn2)c1)c1ccn(C2CCCNC2)n1. The van der Waals surface area contributed by atoms with E-state index in [1.807, 2.05) is 40.0 Å². The van der Waals surface area contributed by atoms with Gasteiger partial charge in [-0.05, 0) is 42.6 Å². The molecule has 0 radical (unpaired) electrons. The molecule has 140 valence electrons. The van der Waals surface area contributed by atoms with Gasteiger partial charge in [0.2, 0.25) is 0 Å². The Morgan fingerprint density at radius 1 is 1.22 bits per heavy atom. The number of nitrogens with zero attached hydrogens (tertiary/aromatic N) is 4. The van der Waals surface area contributed by atoms with Gasteiger partial charge in [0, 0.05) is 31.7 Å². The highest BCUT2D eigenvalue weighted by molar-refractivity contribution is 5.92. The first-order valence-corrected chi connectivity index (χ1v) is 9.37. The quantitative estimate of drug-likeness (QED) is 0.701. The van der Waals surface area contributed by atoms with Gasteiger partial charge in [0.1, 0.15) is 5.69 Å². The Hall–Kier alpha value is -2.93. The van der Waals surface area contributed by atoms with E-state index in [0.29, 0.717) is 24.8 Å². The van der Waals surface area contributed by atoms with Gasteiger partial charge in [-0.25, -0.2) is 0 Å². The average Bonchev–Trinajstić information content (AvgIpc) is 3.39. The number of hydrogen-bond acceptors (Lipinski definition) is 4. The third-order valence-corrected chi connectivity index (χ3v) is 4.83. The van der Waals surface area contributed by atoms with Crippen LogP contribution >= 0.6 is 0 Å². The molecule has 27 heavy (non-hydrogen) atoms. The van der Waals surface area contributed by atoms with Crippen molar-refractivity contribution in [2.45, 2.75) is 32.0 Å². The molecule has 1 aliphatic rings. The molecule has 1 aliphatic heterocycles. The van der Waals surface area contributed by atoms with Crippen LogP contribution in [0, 0.1) is 0 Å². The predicted octanol–water partition coefficient (Wildman–Crippen LogP) is 1.98. The molecule has 1 saturated heterocycles. The van der Waals surface area contributed by atoms with Crippen LogP contribution in [0.4, 0.5) is 0 Å². The van der Waals surface area contributed by atoms with E-state index in [4.69, 9.17) is 0 Å². The van der Waals surface area contributed by atoms with Crippen molar-refractivity contribution in [2.75, 3.05) is 13.1 Å². The summed E-state index contributed by atoms with van der Waals surface area (Å²) in [4.78, 5) is 12.4. The summed E-state index contributed by atoms with van der Waals surface area (Å²) in [5, 5.41) is 15.0. The molecular formula is C20H24N6O. The molecule has 1 amide bonds. The molecule has 3 heterocycles.